The Hall–Kier alpha value is -2.28. The van der Waals surface area contributed by atoms with Gasteiger partial charge in [-0.3, -0.25) is 15.5 Å². The van der Waals surface area contributed by atoms with Crippen molar-refractivity contribution < 1.29 is 24.9 Å². The van der Waals surface area contributed by atoms with E-state index in [2.05, 4.69) is 76.1 Å². The number of hydrogen-bond acceptors (Lipinski definition) is 10. The van der Waals surface area contributed by atoms with E-state index >= 15 is 0 Å². The minimum atomic E-state index is -0.909. The summed E-state index contributed by atoms with van der Waals surface area (Å²) in [5.74, 6) is 3.06. The molecule has 2 aromatic carbocycles. The molecule has 3 saturated carbocycles. The lowest BCUT2D eigenvalue weighted by Crippen LogP contribution is -2.63. The van der Waals surface area contributed by atoms with Gasteiger partial charge in [-0.05, 0) is 91.1 Å². The number of benzene rings is 2. The first kappa shape index (κ1) is 41.9. The van der Waals surface area contributed by atoms with Crippen molar-refractivity contribution in [3.63, 3.8) is 0 Å². The van der Waals surface area contributed by atoms with E-state index in [-0.39, 0.29) is 18.1 Å². The van der Waals surface area contributed by atoms with Crippen molar-refractivity contribution in [2.24, 2.45) is 40.9 Å². The first-order chi connectivity index (χ1) is 25.0. The average molecular weight is 738 g/mol. The quantitative estimate of drug-likeness (QED) is 0.130. The fraction of sp³-hybridized carbons (Fsp3) is 0.721. The fourth-order valence-corrected chi connectivity index (χ4v) is 9.91. The summed E-state index contributed by atoms with van der Waals surface area (Å²) >= 11 is 0. The van der Waals surface area contributed by atoms with Gasteiger partial charge >= 0.3 is 0 Å². The van der Waals surface area contributed by atoms with E-state index in [1.54, 1.807) is 14.2 Å². The third-order valence-corrected chi connectivity index (χ3v) is 12.7. The zero-order valence-electron chi connectivity index (χ0n) is 34.6. The van der Waals surface area contributed by atoms with Gasteiger partial charge in [-0.25, -0.2) is 0 Å². The predicted octanol–water partition coefficient (Wildman–Crippen LogP) is 5.71. The van der Waals surface area contributed by atoms with Gasteiger partial charge in [0.25, 0.3) is 0 Å². The number of fused-ring (bicyclic) bond motifs is 2. The molecule has 3 aliphatic carbocycles. The number of rotatable bonds is 17. The number of hydrogen-bond donors (Lipinski definition) is 5. The molecule has 53 heavy (non-hydrogen) atoms. The van der Waals surface area contributed by atoms with Crippen LogP contribution >= 0.6 is 0 Å². The Labute approximate surface area is 320 Å². The average Bonchev–Trinajstić information content (AvgIpc) is 3.44. The predicted molar refractivity (Wildman–Crippen MR) is 214 cm³/mol. The Bertz CT molecular complexity index is 1490. The number of hydroxylamine groups is 2. The summed E-state index contributed by atoms with van der Waals surface area (Å²) in [4.78, 5) is 11.4. The lowest BCUT2D eigenvalue weighted by Gasteiger charge is -2.62. The van der Waals surface area contributed by atoms with Gasteiger partial charge in [0.1, 0.15) is 18.2 Å². The second-order valence-corrected chi connectivity index (χ2v) is 18.1. The number of aliphatic hydroxyl groups is 3. The molecule has 1 aliphatic heterocycles. The Morgan fingerprint density at radius 3 is 2.23 bits per heavy atom. The Balaban J connectivity index is 1.51. The third-order valence-electron chi connectivity index (χ3n) is 12.7. The molecule has 2 aromatic rings. The minimum absolute atomic E-state index is 0.194. The smallest absolute Gasteiger partial charge is 0.131 e. The van der Waals surface area contributed by atoms with Crippen LogP contribution in [0.4, 0.5) is 5.69 Å². The molecule has 0 radical (unpaired) electrons. The van der Waals surface area contributed by atoms with E-state index in [1.807, 2.05) is 55.2 Å². The molecule has 10 heteroatoms. The van der Waals surface area contributed by atoms with Crippen molar-refractivity contribution in [2.45, 2.75) is 112 Å². The van der Waals surface area contributed by atoms with E-state index in [4.69, 9.17) is 9.57 Å². The lowest BCUT2D eigenvalue weighted by molar-refractivity contribution is -0.192. The first-order valence-electron chi connectivity index (χ1n) is 20.1. The van der Waals surface area contributed by atoms with Crippen molar-refractivity contribution in [3.8, 4) is 16.9 Å². The summed E-state index contributed by atoms with van der Waals surface area (Å²) in [6.45, 7) is 20.8. The molecule has 1 heterocycles. The molecule has 4 aliphatic rings. The van der Waals surface area contributed by atoms with E-state index in [0.29, 0.717) is 53.8 Å². The van der Waals surface area contributed by atoms with Crippen molar-refractivity contribution >= 4 is 5.69 Å². The Morgan fingerprint density at radius 2 is 1.68 bits per heavy atom. The van der Waals surface area contributed by atoms with Gasteiger partial charge < -0.3 is 29.9 Å². The highest BCUT2D eigenvalue weighted by molar-refractivity contribution is 5.76. The van der Waals surface area contributed by atoms with E-state index in [1.165, 1.54) is 6.42 Å². The summed E-state index contributed by atoms with van der Waals surface area (Å²) in [6.07, 6.45) is -0.444. The van der Waals surface area contributed by atoms with E-state index in [0.717, 1.165) is 47.5 Å². The Morgan fingerprint density at radius 1 is 1.00 bits per heavy atom. The van der Waals surface area contributed by atoms with E-state index < -0.39 is 24.6 Å². The third kappa shape index (κ3) is 9.07. The first-order valence-corrected chi connectivity index (χ1v) is 20.1. The molecular weight excluding hydrogens is 667 g/mol. The molecule has 2 unspecified atom stereocenters. The SMILES string of the molecule is CNC(O)c1cc(-c2cccc(CN3O[C@@H](CN(CC(C)C)CC(C)C)[C@@H]([C@H](C)O)[C@H]3C(O)N[C@H]3C[C@H]4C[C@@H]([C@@H]3C)C4(C)C)c2OC)cc(N(C)C)c1. The summed E-state index contributed by atoms with van der Waals surface area (Å²) in [5.41, 5.74) is 4.79. The van der Waals surface area contributed by atoms with Crippen LogP contribution in [0.3, 0.4) is 0 Å². The number of aliphatic hydroxyl groups excluding tert-OH is 3. The summed E-state index contributed by atoms with van der Waals surface area (Å²) in [6, 6.07) is 11.9. The zero-order valence-corrected chi connectivity index (χ0v) is 34.6. The summed E-state index contributed by atoms with van der Waals surface area (Å²) < 4.78 is 6.18. The highest BCUT2D eigenvalue weighted by Crippen LogP contribution is 2.61. The highest BCUT2D eigenvalue weighted by atomic mass is 16.7. The van der Waals surface area contributed by atoms with Crippen LogP contribution < -0.4 is 20.3 Å². The largest absolute Gasteiger partial charge is 0.496 e. The van der Waals surface area contributed by atoms with Crippen LogP contribution in [0.5, 0.6) is 5.75 Å². The van der Waals surface area contributed by atoms with Crippen LogP contribution in [0.25, 0.3) is 11.1 Å². The van der Waals surface area contributed by atoms with Gasteiger partial charge in [0.2, 0.25) is 0 Å². The van der Waals surface area contributed by atoms with Crippen LogP contribution in [-0.4, -0.2) is 104 Å². The number of anilines is 1. The molecular formula is C43H71N5O5. The van der Waals surface area contributed by atoms with Crippen LogP contribution in [0.15, 0.2) is 36.4 Å². The fourth-order valence-electron chi connectivity index (χ4n) is 9.91. The van der Waals surface area contributed by atoms with Crippen LogP contribution in [0.1, 0.15) is 85.6 Å². The van der Waals surface area contributed by atoms with Crippen molar-refractivity contribution in [1.29, 1.82) is 0 Å². The molecule has 6 rings (SSSR count). The van der Waals surface area contributed by atoms with E-state index in [9.17, 15) is 15.3 Å². The number of nitrogens with one attached hydrogen (secondary N) is 2. The van der Waals surface area contributed by atoms with Crippen LogP contribution in [-0.2, 0) is 11.4 Å². The maximum absolute atomic E-state index is 12.3. The van der Waals surface area contributed by atoms with Gasteiger partial charge in [-0.1, -0.05) is 66.7 Å². The summed E-state index contributed by atoms with van der Waals surface area (Å²) in [7, 11) is 7.40. The second-order valence-electron chi connectivity index (χ2n) is 18.1. The van der Waals surface area contributed by atoms with Gasteiger partial charge in [-0.2, -0.15) is 5.06 Å². The number of methoxy groups -OCH3 is 1. The maximum Gasteiger partial charge on any atom is 0.131 e. The van der Waals surface area contributed by atoms with Crippen molar-refractivity contribution in [2.75, 3.05) is 52.8 Å². The molecule has 0 spiro atoms. The Kier molecular flexibility index (Phi) is 13.6. The minimum Gasteiger partial charge on any atom is -0.496 e. The number of para-hydroxylation sites is 1. The van der Waals surface area contributed by atoms with Crippen LogP contribution in [0.2, 0.25) is 0 Å². The maximum atomic E-state index is 12.3. The van der Waals surface area contributed by atoms with Gasteiger partial charge in [0.05, 0.1) is 31.9 Å². The number of ether oxygens (including phenoxy) is 1. The summed E-state index contributed by atoms with van der Waals surface area (Å²) in [5, 5.41) is 43.1. The van der Waals surface area contributed by atoms with Gasteiger partial charge in [0, 0.05) is 62.5 Å². The van der Waals surface area contributed by atoms with Crippen molar-refractivity contribution in [1.82, 2.24) is 20.6 Å². The van der Waals surface area contributed by atoms with Gasteiger partial charge in [-0.15, -0.1) is 0 Å². The molecule has 0 amide bonds. The molecule has 10 nitrogen and oxygen atoms in total. The van der Waals surface area contributed by atoms with Gasteiger partial charge in [0.15, 0.2) is 0 Å². The number of nitrogens with zero attached hydrogens (tertiary/aromatic N) is 3. The van der Waals surface area contributed by atoms with Crippen LogP contribution in [0, 0.1) is 40.9 Å². The molecule has 2 bridgehead atoms. The normalized spacial score (nSPS) is 28.7. The van der Waals surface area contributed by atoms with Crippen molar-refractivity contribution in [3.05, 3.63) is 47.5 Å². The molecule has 298 valence electrons. The second kappa shape index (κ2) is 17.2. The highest BCUT2D eigenvalue weighted by Gasteiger charge is 2.57. The molecule has 1 saturated heterocycles. The standard InChI is InChI=1S/C43H71N5O5/c1-25(2)21-47(22-26(3)4)24-37-38(28(6)49)39(42(51)45-36-20-32-19-35(27(36)5)43(32,7)8)48(53-37)23-29-14-13-15-34(40(29)52-12)30-16-31(41(50)44-9)18-33(17-30)46(10)11/h13-18,25-28,32,35-39,41-42,44-45,49-51H,19-24H2,1-12H3/t27-,28-,32+,35-,36-,37-,38+,39-,41?,42?/m0/s1. The lowest BCUT2D eigenvalue weighted by atomic mass is 9.44. The zero-order chi connectivity index (χ0) is 38.9. The molecule has 4 fully saturated rings. The molecule has 10 atom stereocenters. The monoisotopic (exact) mass is 738 g/mol. The topological polar surface area (TPSA) is 113 Å². The molecule has 0 aromatic heterocycles. The molecule has 5 N–H and O–H groups in total.